The zero-order valence-electron chi connectivity index (χ0n) is 30.0. The van der Waals surface area contributed by atoms with E-state index in [1.807, 2.05) is 30.7 Å². The molecule has 0 saturated heterocycles. The molecule has 0 fully saturated rings. The number of benzene rings is 7. The number of thiophene rings is 1. The van der Waals surface area contributed by atoms with Crippen molar-refractivity contribution in [2.24, 2.45) is 0 Å². The van der Waals surface area contributed by atoms with Crippen LogP contribution in [0.25, 0.3) is 86.3 Å². The van der Waals surface area contributed by atoms with Crippen LogP contribution in [0, 0.1) is 0 Å². The Hall–Kier alpha value is -7.28. The van der Waals surface area contributed by atoms with Crippen molar-refractivity contribution in [3.8, 4) is 33.5 Å². The number of anilines is 3. The second kappa shape index (κ2) is 13.2. The minimum absolute atomic E-state index is 0.967. The standard InChI is InChI=1S/C50H31N5S/c1-2-6-47-45(5-1)49-50(56-47)48(53-31-54-49)40-12-11-38-28-44(22-17-37(38)26-40)55(42-18-13-32(14-19-42)36-9-7-34-23-25-51-30-41(34)27-36)43-20-15-33(16-21-43)39-10-8-35-4-3-24-52-46(35)29-39/h1-31H. The highest BCUT2D eigenvalue weighted by atomic mass is 32.1. The maximum absolute atomic E-state index is 4.78. The van der Waals surface area contributed by atoms with Crippen LogP contribution in [0.15, 0.2) is 189 Å². The maximum atomic E-state index is 4.78. The minimum atomic E-state index is 0.967. The van der Waals surface area contributed by atoms with Crippen molar-refractivity contribution < 1.29 is 0 Å². The van der Waals surface area contributed by atoms with Crippen LogP contribution >= 0.6 is 11.3 Å². The Bertz CT molecular complexity index is 3140. The van der Waals surface area contributed by atoms with Crippen molar-refractivity contribution in [3.05, 3.63) is 189 Å². The molecule has 6 heteroatoms. The van der Waals surface area contributed by atoms with E-state index >= 15 is 0 Å². The first-order valence-corrected chi connectivity index (χ1v) is 19.4. The van der Waals surface area contributed by atoms with E-state index in [0.717, 1.165) is 87.9 Å². The summed E-state index contributed by atoms with van der Waals surface area (Å²) in [6.45, 7) is 0. The predicted octanol–water partition coefficient (Wildman–Crippen LogP) is 13.6. The largest absolute Gasteiger partial charge is 0.310 e. The molecule has 0 aliphatic heterocycles. The number of hydrogen-bond donors (Lipinski definition) is 0. The van der Waals surface area contributed by atoms with Gasteiger partial charge in [0.1, 0.15) is 6.33 Å². The van der Waals surface area contributed by atoms with Gasteiger partial charge in [-0.05, 0) is 111 Å². The summed E-state index contributed by atoms with van der Waals surface area (Å²) < 4.78 is 2.34. The van der Waals surface area contributed by atoms with Gasteiger partial charge in [-0.25, -0.2) is 9.97 Å². The van der Waals surface area contributed by atoms with Crippen LogP contribution in [0.3, 0.4) is 0 Å². The summed E-state index contributed by atoms with van der Waals surface area (Å²) in [5.74, 6) is 0. The number of pyridine rings is 2. The number of hydrogen-bond acceptors (Lipinski definition) is 6. The first kappa shape index (κ1) is 32.2. The van der Waals surface area contributed by atoms with E-state index in [1.54, 1.807) is 17.7 Å². The number of fused-ring (bicyclic) bond motifs is 6. The molecule has 5 nitrogen and oxygen atoms in total. The summed E-state index contributed by atoms with van der Waals surface area (Å²) in [6.07, 6.45) is 7.30. The highest BCUT2D eigenvalue weighted by molar-refractivity contribution is 7.26. The van der Waals surface area contributed by atoms with Gasteiger partial charge in [-0.15, -0.1) is 11.3 Å². The van der Waals surface area contributed by atoms with E-state index in [1.165, 1.54) is 15.5 Å². The summed E-state index contributed by atoms with van der Waals surface area (Å²) in [5.41, 5.74) is 11.9. The molecule has 0 aliphatic carbocycles. The van der Waals surface area contributed by atoms with Gasteiger partial charge >= 0.3 is 0 Å². The van der Waals surface area contributed by atoms with Crippen molar-refractivity contribution in [2.75, 3.05) is 4.90 Å². The average molecular weight is 734 g/mol. The lowest BCUT2D eigenvalue weighted by Crippen LogP contribution is -2.09. The number of nitrogens with zero attached hydrogens (tertiary/aromatic N) is 5. The van der Waals surface area contributed by atoms with E-state index in [4.69, 9.17) is 4.98 Å². The molecule has 0 unspecified atom stereocenters. The first-order valence-electron chi connectivity index (χ1n) is 18.6. The third kappa shape index (κ3) is 5.63. The highest BCUT2D eigenvalue weighted by Gasteiger charge is 2.16. The van der Waals surface area contributed by atoms with Gasteiger partial charge in [0.25, 0.3) is 0 Å². The number of aromatic nitrogens is 4. The lowest BCUT2D eigenvalue weighted by Gasteiger charge is -2.26. The van der Waals surface area contributed by atoms with Crippen molar-refractivity contribution in [2.45, 2.75) is 0 Å². The molecule has 56 heavy (non-hydrogen) atoms. The van der Waals surface area contributed by atoms with E-state index in [0.29, 0.717) is 0 Å². The summed E-state index contributed by atoms with van der Waals surface area (Å²) in [7, 11) is 0. The van der Waals surface area contributed by atoms with Gasteiger partial charge < -0.3 is 4.90 Å². The molecule has 0 radical (unpaired) electrons. The molecule has 4 aromatic heterocycles. The molecular formula is C50H31N5S. The smallest absolute Gasteiger partial charge is 0.116 e. The zero-order valence-corrected chi connectivity index (χ0v) is 30.9. The third-order valence-corrected chi connectivity index (χ3v) is 11.8. The van der Waals surface area contributed by atoms with Crippen LogP contribution in [0.5, 0.6) is 0 Å². The van der Waals surface area contributed by atoms with Crippen LogP contribution in [0.4, 0.5) is 17.1 Å². The molecule has 0 bridgehead atoms. The zero-order chi connectivity index (χ0) is 37.0. The Morgan fingerprint density at radius 3 is 1.93 bits per heavy atom. The highest BCUT2D eigenvalue weighted by Crippen LogP contribution is 2.41. The molecule has 0 N–H and O–H groups in total. The van der Waals surface area contributed by atoms with E-state index in [9.17, 15) is 0 Å². The van der Waals surface area contributed by atoms with Crippen molar-refractivity contribution in [1.29, 1.82) is 0 Å². The van der Waals surface area contributed by atoms with E-state index in [-0.39, 0.29) is 0 Å². The Balaban J connectivity index is 0.987. The second-order valence-electron chi connectivity index (χ2n) is 14.0. The third-order valence-electron chi connectivity index (χ3n) is 10.7. The van der Waals surface area contributed by atoms with Crippen LogP contribution < -0.4 is 4.90 Å². The molecule has 0 aliphatic rings. The van der Waals surface area contributed by atoms with Gasteiger partial charge in [0.05, 0.1) is 21.4 Å². The molecular weight excluding hydrogens is 703 g/mol. The quantitative estimate of drug-likeness (QED) is 0.170. The molecule has 0 spiro atoms. The van der Waals surface area contributed by atoms with E-state index < -0.39 is 0 Å². The normalized spacial score (nSPS) is 11.6. The van der Waals surface area contributed by atoms with Crippen LogP contribution in [-0.4, -0.2) is 19.9 Å². The van der Waals surface area contributed by atoms with Crippen molar-refractivity contribution in [3.63, 3.8) is 0 Å². The minimum Gasteiger partial charge on any atom is -0.310 e. The lowest BCUT2D eigenvalue weighted by molar-refractivity contribution is 1.24. The van der Waals surface area contributed by atoms with Gasteiger partial charge in [-0.2, -0.15) is 0 Å². The summed E-state index contributed by atoms with van der Waals surface area (Å²) in [6, 6.07) is 58.6. The summed E-state index contributed by atoms with van der Waals surface area (Å²) in [4.78, 5) is 20.7. The molecule has 0 saturated carbocycles. The molecule has 262 valence electrons. The van der Waals surface area contributed by atoms with Crippen LogP contribution in [-0.2, 0) is 0 Å². The maximum Gasteiger partial charge on any atom is 0.116 e. The Labute approximate surface area is 326 Å². The Morgan fingerprint density at radius 2 is 1.09 bits per heavy atom. The fourth-order valence-corrected chi connectivity index (χ4v) is 8.98. The monoisotopic (exact) mass is 733 g/mol. The first-order chi connectivity index (χ1) is 27.7. The van der Waals surface area contributed by atoms with Gasteiger partial charge in [0.2, 0.25) is 0 Å². The fraction of sp³-hybridized carbons (Fsp3) is 0. The van der Waals surface area contributed by atoms with Crippen LogP contribution in [0.1, 0.15) is 0 Å². The SMILES string of the molecule is c1cnc2cc(-c3ccc(N(c4ccc(-c5ccc6ccncc6c5)cc4)c4ccc5cc(-c6ncnc7c6sc6ccccc67)ccc5c4)cc3)ccc2c1. The Morgan fingerprint density at radius 1 is 0.429 bits per heavy atom. The molecule has 4 heterocycles. The molecule has 7 aromatic carbocycles. The number of rotatable bonds is 6. The molecule has 0 amide bonds. The Kier molecular flexibility index (Phi) is 7.60. The second-order valence-corrected chi connectivity index (χ2v) is 15.1. The topological polar surface area (TPSA) is 54.8 Å². The molecule has 0 atom stereocenters. The predicted molar refractivity (Wildman–Crippen MR) is 234 cm³/mol. The van der Waals surface area contributed by atoms with E-state index in [2.05, 4.69) is 172 Å². The average Bonchev–Trinajstić information content (AvgIpc) is 3.66. The lowest BCUT2D eigenvalue weighted by atomic mass is 10.0. The van der Waals surface area contributed by atoms with Gasteiger partial charge in [0, 0.05) is 62.1 Å². The molecule has 11 aromatic rings. The van der Waals surface area contributed by atoms with Gasteiger partial charge in [0.15, 0.2) is 0 Å². The van der Waals surface area contributed by atoms with Crippen molar-refractivity contribution in [1.82, 2.24) is 19.9 Å². The van der Waals surface area contributed by atoms with Crippen LogP contribution in [0.2, 0.25) is 0 Å². The molecule has 11 rings (SSSR count). The summed E-state index contributed by atoms with van der Waals surface area (Å²) in [5, 5.41) is 6.93. The summed E-state index contributed by atoms with van der Waals surface area (Å²) >= 11 is 1.75. The van der Waals surface area contributed by atoms with Gasteiger partial charge in [-0.1, -0.05) is 91.0 Å². The fourth-order valence-electron chi connectivity index (χ4n) is 7.81. The van der Waals surface area contributed by atoms with Crippen molar-refractivity contribution >= 4 is 81.1 Å². The van der Waals surface area contributed by atoms with Gasteiger partial charge in [-0.3, -0.25) is 9.97 Å².